The standard InChI is InChI=1S/C10H8N2O2/c1-6(13)8-4-7-5-11-3-2-9(7)12-10(8)14/h2-5,8H,1H3. The van der Waals surface area contributed by atoms with Gasteiger partial charge in [-0.1, -0.05) is 6.08 Å². The molecule has 14 heavy (non-hydrogen) atoms. The fourth-order valence-corrected chi connectivity index (χ4v) is 1.36. The molecule has 1 atom stereocenters. The first-order chi connectivity index (χ1) is 6.68. The second kappa shape index (κ2) is 3.14. The van der Waals surface area contributed by atoms with Crippen molar-refractivity contribution >= 4 is 17.8 Å². The average Bonchev–Trinajstić information content (AvgIpc) is 2.16. The lowest BCUT2D eigenvalue weighted by molar-refractivity contribution is -0.128. The number of amides is 1. The number of nitrogens with zero attached hydrogens (tertiary/aromatic N) is 2. The van der Waals surface area contributed by atoms with E-state index in [1.807, 2.05) is 0 Å². The topological polar surface area (TPSA) is 59.4 Å². The molecular formula is C10H8N2O2. The molecular weight excluding hydrogens is 180 g/mol. The maximum absolute atomic E-state index is 11.4. The first kappa shape index (κ1) is 8.74. The summed E-state index contributed by atoms with van der Waals surface area (Å²) in [5.74, 6) is -1.31. The molecule has 4 heteroatoms. The van der Waals surface area contributed by atoms with Gasteiger partial charge in [-0.2, -0.15) is 0 Å². The molecule has 1 unspecified atom stereocenters. The van der Waals surface area contributed by atoms with Crippen LogP contribution in [0.25, 0.3) is 6.08 Å². The van der Waals surface area contributed by atoms with Crippen molar-refractivity contribution in [2.24, 2.45) is 10.9 Å². The third kappa shape index (κ3) is 1.35. The minimum atomic E-state index is -0.730. The van der Waals surface area contributed by atoms with Gasteiger partial charge in [-0.3, -0.25) is 14.6 Å². The fourth-order valence-electron chi connectivity index (χ4n) is 1.36. The summed E-state index contributed by atoms with van der Waals surface area (Å²) in [7, 11) is 0. The summed E-state index contributed by atoms with van der Waals surface area (Å²) in [6.45, 7) is 1.38. The summed E-state index contributed by atoms with van der Waals surface area (Å²) in [6.07, 6.45) is 4.78. The highest BCUT2D eigenvalue weighted by Crippen LogP contribution is 2.04. The van der Waals surface area contributed by atoms with E-state index in [0.29, 0.717) is 5.36 Å². The number of carbonyl (C=O) groups is 2. The second-order valence-electron chi connectivity index (χ2n) is 3.14. The van der Waals surface area contributed by atoms with Crippen LogP contribution in [0.15, 0.2) is 23.5 Å². The van der Waals surface area contributed by atoms with Gasteiger partial charge in [-0.05, 0) is 13.0 Å². The summed E-state index contributed by atoms with van der Waals surface area (Å²) in [6, 6.07) is 1.65. The zero-order valence-corrected chi connectivity index (χ0v) is 7.60. The summed E-state index contributed by atoms with van der Waals surface area (Å²) in [4.78, 5) is 30.2. The number of hydrogen-bond acceptors (Lipinski definition) is 3. The van der Waals surface area contributed by atoms with E-state index in [1.54, 1.807) is 24.5 Å². The number of fused-ring (bicyclic) bond motifs is 1. The monoisotopic (exact) mass is 188 g/mol. The fraction of sp³-hybridized carbons (Fsp3) is 0.200. The third-order valence-electron chi connectivity index (χ3n) is 2.11. The van der Waals surface area contributed by atoms with Gasteiger partial charge in [0.15, 0.2) is 0 Å². The van der Waals surface area contributed by atoms with Crippen LogP contribution in [0.4, 0.5) is 0 Å². The molecule has 1 amide bonds. The zero-order valence-electron chi connectivity index (χ0n) is 7.60. The van der Waals surface area contributed by atoms with Gasteiger partial charge in [0.05, 0.1) is 5.36 Å². The molecule has 0 fully saturated rings. The highest BCUT2D eigenvalue weighted by molar-refractivity contribution is 6.06. The van der Waals surface area contributed by atoms with Gasteiger partial charge in [0.25, 0.3) is 5.91 Å². The van der Waals surface area contributed by atoms with Crippen molar-refractivity contribution < 1.29 is 9.59 Å². The molecule has 2 rings (SSSR count). The van der Waals surface area contributed by atoms with Crippen LogP contribution in [0.3, 0.4) is 0 Å². The van der Waals surface area contributed by atoms with Crippen molar-refractivity contribution in [2.75, 3.05) is 0 Å². The van der Waals surface area contributed by atoms with Gasteiger partial charge in [0.1, 0.15) is 11.7 Å². The Kier molecular flexibility index (Phi) is 1.96. The lowest BCUT2D eigenvalue weighted by Gasteiger charge is -2.07. The molecule has 0 bridgehead atoms. The van der Waals surface area contributed by atoms with Crippen molar-refractivity contribution in [2.45, 2.75) is 6.92 Å². The Morgan fingerprint density at radius 2 is 2.29 bits per heavy atom. The molecule has 0 radical (unpaired) electrons. The van der Waals surface area contributed by atoms with Crippen molar-refractivity contribution in [3.63, 3.8) is 0 Å². The van der Waals surface area contributed by atoms with E-state index in [2.05, 4.69) is 9.98 Å². The van der Waals surface area contributed by atoms with E-state index < -0.39 is 11.8 Å². The Hall–Kier alpha value is -1.84. The van der Waals surface area contributed by atoms with Gasteiger partial charge in [0, 0.05) is 17.6 Å². The van der Waals surface area contributed by atoms with Crippen LogP contribution in [0.2, 0.25) is 0 Å². The van der Waals surface area contributed by atoms with Gasteiger partial charge >= 0.3 is 0 Å². The average molecular weight is 188 g/mol. The lowest BCUT2D eigenvalue weighted by Crippen LogP contribution is -2.36. The lowest BCUT2D eigenvalue weighted by atomic mass is 10.0. The van der Waals surface area contributed by atoms with Crippen LogP contribution in [-0.4, -0.2) is 16.7 Å². The SMILES string of the molecule is CC(=O)C1C=c2cnccc2=NC1=O. The molecule has 70 valence electrons. The van der Waals surface area contributed by atoms with Gasteiger partial charge in [-0.15, -0.1) is 0 Å². The van der Waals surface area contributed by atoms with Crippen molar-refractivity contribution in [1.29, 1.82) is 0 Å². The molecule has 0 N–H and O–H groups in total. The molecule has 0 spiro atoms. The van der Waals surface area contributed by atoms with Gasteiger partial charge in [0.2, 0.25) is 0 Å². The molecule has 1 aromatic rings. The second-order valence-corrected chi connectivity index (χ2v) is 3.14. The van der Waals surface area contributed by atoms with Gasteiger partial charge < -0.3 is 0 Å². The van der Waals surface area contributed by atoms with E-state index in [-0.39, 0.29) is 5.78 Å². The van der Waals surface area contributed by atoms with Crippen LogP contribution in [0, 0.1) is 5.92 Å². The Morgan fingerprint density at radius 1 is 1.50 bits per heavy atom. The molecule has 0 saturated heterocycles. The molecule has 2 heterocycles. The predicted molar refractivity (Wildman–Crippen MR) is 48.7 cm³/mol. The predicted octanol–water partition coefficient (Wildman–Crippen LogP) is -0.773. The summed E-state index contributed by atoms with van der Waals surface area (Å²) >= 11 is 0. The summed E-state index contributed by atoms with van der Waals surface area (Å²) in [5.41, 5.74) is 0. The largest absolute Gasteiger partial charge is 0.299 e. The van der Waals surface area contributed by atoms with Crippen LogP contribution in [0.5, 0.6) is 0 Å². The number of carbonyl (C=O) groups excluding carboxylic acids is 2. The first-order valence-corrected chi connectivity index (χ1v) is 4.23. The van der Waals surface area contributed by atoms with E-state index in [1.165, 1.54) is 6.92 Å². The molecule has 0 saturated carbocycles. The Labute approximate surface area is 80.0 Å². The maximum atomic E-state index is 11.4. The van der Waals surface area contributed by atoms with E-state index in [9.17, 15) is 9.59 Å². The van der Waals surface area contributed by atoms with E-state index >= 15 is 0 Å². The van der Waals surface area contributed by atoms with Crippen molar-refractivity contribution in [1.82, 2.24) is 4.98 Å². The Bertz CT molecular complexity index is 519. The molecule has 1 aromatic heterocycles. The number of Topliss-reactive ketones (excluding diaryl/α,β-unsaturated/α-hetero) is 1. The first-order valence-electron chi connectivity index (χ1n) is 4.23. The molecule has 1 aliphatic rings. The molecule has 1 aliphatic heterocycles. The van der Waals surface area contributed by atoms with Crippen molar-refractivity contribution in [3.05, 3.63) is 29.0 Å². The van der Waals surface area contributed by atoms with Crippen LogP contribution < -0.4 is 10.6 Å². The quantitative estimate of drug-likeness (QED) is 0.543. The Balaban J connectivity index is 2.67. The van der Waals surface area contributed by atoms with E-state index in [4.69, 9.17) is 0 Å². The number of ketones is 1. The molecule has 0 aromatic carbocycles. The number of rotatable bonds is 1. The van der Waals surface area contributed by atoms with Gasteiger partial charge in [-0.25, -0.2) is 4.99 Å². The molecule has 0 aliphatic carbocycles. The summed E-state index contributed by atoms with van der Waals surface area (Å²) < 4.78 is 0. The van der Waals surface area contributed by atoms with Crippen LogP contribution in [0.1, 0.15) is 6.92 Å². The number of pyridine rings is 1. The van der Waals surface area contributed by atoms with E-state index in [0.717, 1.165) is 5.22 Å². The van der Waals surface area contributed by atoms with Crippen LogP contribution >= 0.6 is 0 Å². The number of hydrogen-bond donors (Lipinski definition) is 0. The van der Waals surface area contributed by atoms with Crippen molar-refractivity contribution in [3.8, 4) is 0 Å². The maximum Gasteiger partial charge on any atom is 0.260 e. The highest BCUT2D eigenvalue weighted by Gasteiger charge is 2.22. The highest BCUT2D eigenvalue weighted by atomic mass is 16.2. The Morgan fingerprint density at radius 3 is 3.00 bits per heavy atom. The molecule has 4 nitrogen and oxygen atoms in total. The smallest absolute Gasteiger partial charge is 0.260 e. The minimum Gasteiger partial charge on any atom is -0.299 e. The zero-order chi connectivity index (χ0) is 10.1. The summed E-state index contributed by atoms with van der Waals surface area (Å²) in [5, 5.41) is 1.33. The third-order valence-corrected chi connectivity index (χ3v) is 2.11. The normalized spacial score (nSPS) is 19.2. The van der Waals surface area contributed by atoms with Crippen LogP contribution in [-0.2, 0) is 9.59 Å². The minimum absolute atomic E-state index is 0.187. The number of aromatic nitrogens is 1.